The van der Waals surface area contributed by atoms with E-state index in [1.54, 1.807) is 6.08 Å². The Balaban J connectivity index is 1.53. The van der Waals surface area contributed by atoms with Gasteiger partial charge >= 0.3 is 0 Å². The zero-order chi connectivity index (χ0) is 19.0. The predicted octanol–water partition coefficient (Wildman–Crippen LogP) is 1.72. The maximum atomic E-state index is 12.9. The summed E-state index contributed by atoms with van der Waals surface area (Å²) in [4.78, 5) is 29.5. The molecule has 2 fully saturated rings. The van der Waals surface area contributed by atoms with Gasteiger partial charge in [0.15, 0.2) is 0 Å². The summed E-state index contributed by atoms with van der Waals surface area (Å²) in [5.41, 5.74) is 8.32. The van der Waals surface area contributed by atoms with Gasteiger partial charge in [-0.15, -0.1) is 6.58 Å². The fourth-order valence-electron chi connectivity index (χ4n) is 4.80. The molecule has 4 rings (SSSR count). The molecule has 6 nitrogen and oxygen atoms in total. The maximum Gasteiger partial charge on any atom is 0.241 e. The number of likely N-dealkylation sites (tertiary alicyclic amines) is 1. The molecule has 1 spiro atoms. The Morgan fingerprint density at radius 3 is 2.70 bits per heavy atom. The zero-order valence-corrected chi connectivity index (χ0v) is 15.9. The van der Waals surface area contributed by atoms with Crippen LogP contribution in [-0.4, -0.2) is 48.4 Å². The normalized spacial score (nSPS) is 26.9. The number of carbonyl (C=O) groups is 2. The fraction of sp³-hybridized carbons (Fsp3) is 0.524. The number of hydrogen-bond acceptors (Lipinski definition) is 4. The molecular weight excluding hydrogens is 340 g/mol. The second kappa shape index (κ2) is 7.09. The van der Waals surface area contributed by atoms with Gasteiger partial charge in [-0.25, -0.2) is 5.43 Å². The van der Waals surface area contributed by atoms with Crippen LogP contribution in [0.2, 0.25) is 0 Å². The molecule has 2 unspecified atom stereocenters. The van der Waals surface area contributed by atoms with Crippen molar-refractivity contribution in [2.45, 2.75) is 50.1 Å². The van der Waals surface area contributed by atoms with E-state index in [1.807, 2.05) is 21.9 Å². The van der Waals surface area contributed by atoms with Crippen molar-refractivity contribution in [2.75, 3.05) is 24.5 Å². The number of fused-ring (bicyclic) bond motifs is 2. The molecule has 0 saturated carbocycles. The van der Waals surface area contributed by atoms with E-state index in [1.165, 1.54) is 5.56 Å². The maximum absolute atomic E-state index is 12.9. The second-order valence-electron chi connectivity index (χ2n) is 8.07. The van der Waals surface area contributed by atoms with Gasteiger partial charge in [-0.1, -0.05) is 24.3 Å². The molecule has 0 aliphatic carbocycles. The predicted molar refractivity (Wildman–Crippen MR) is 105 cm³/mol. The number of hydrogen-bond donors (Lipinski definition) is 2. The number of nitrogens with zero attached hydrogens (tertiary/aromatic N) is 2. The number of benzene rings is 1. The van der Waals surface area contributed by atoms with Crippen molar-refractivity contribution >= 4 is 17.5 Å². The Labute approximate surface area is 160 Å². The summed E-state index contributed by atoms with van der Waals surface area (Å²) in [5, 5.41) is 0. The van der Waals surface area contributed by atoms with E-state index in [-0.39, 0.29) is 23.3 Å². The summed E-state index contributed by atoms with van der Waals surface area (Å²) < 4.78 is 0. The first-order valence-electron chi connectivity index (χ1n) is 9.85. The van der Waals surface area contributed by atoms with Crippen molar-refractivity contribution in [3.05, 3.63) is 42.5 Å². The Bertz CT molecular complexity index is 754. The number of amides is 2. The first kappa shape index (κ1) is 18.2. The lowest BCUT2D eigenvalue weighted by Crippen LogP contribution is -2.54. The quantitative estimate of drug-likeness (QED) is 0.798. The summed E-state index contributed by atoms with van der Waals surface area (Å²) >= 11 is 0. The summed E-state index contributed by atoms with van der Waals surface area (Å²) in [6, 6.07) is 8.39. The number of para-hydroxylation sites is 1. The second-order valence-corrected chi connectivity index (χ2v) is 8.07. The standard InChI is InChI=1S/C21H28N4O2/c1-3-10-25-18-7-5-4-6-16(18)21(14-19(25)26)8-11-24(12-9-21)20(27)17-13-15(2)22-23-17/h3-7,15,17,22-23H,1,8-14H2,2H3. The molecule has 2 amide bonds. The van der Waals surface area contributed by atoms with Gasteiger partial charge in [0, 0.05) is 43.2 Å². The Kier molecular flexibility index (Phi) is 4.78. The molecule has 1 aromatic carbocycles. The van der Waals surface area contributed by atoms with Gasteiger partial charge < -0.3 is 9.80 Å². The summed E-state index contributed by atoms with van der Waals surface area (Å²) in [5.74, 6) is 0.328. The molecule has 3 aliphatic heterocycles. The van der Waals surface area contributed by atoms with E-state index in [9.17, 15) is 9.59 Å². The molecule has 3 aliphatic rings. The van der Waals surface area contributed by atoms with Crippen LogP contribution in [0.4, 0.5) is 5.69 Å². The number of nitrogens with one attached hydrogen (secondary N) is 2. The lowest BCUT2D eigenvalue weighted by atomic mass is 9.67. The van der Waals surface area contributed by atoms with Crippen LogP contribution in [0.15, 0.2) is 36.9 Å². The van der Waals surface area contributed by atoms with E-state index in [4.69, 9.17) is 0 Å². The summed E-state index contributed by atoms with van der Waals surface area (Å²) in [7, 11) is 0. The van der Waals surface area contributed by atoms with E-state index in [2.05, 4.69) is 36.5 Å². The van der Waals surface area contributed by atoms with Crippen molar-refractivity contribution < 1.29 is 9.59 Å². The topological polar surface area (TPSA) is 64.7 Å². The summed E-state index contributed by atoms with van der Waals surface area (Å²) in [6.45, 7) is 7.81. The third-order valence-electron chi connectivity index (χ3n) is 6.29. The van der Waals surface area contributed by atoms with Crippen LogP contribution in [-0.2, 0) is 15.0 Å². The molecular formula is C21H28N4O2. The molecule has 0 bridgehead atoms. The lowest BCUT2D eigenvalue weighted by molar-refractivity contribution is -0.135. The van der Waals surface area contributed by atoms with Crippen LogP contribution >= 0.6 is 0 Å². The molecule has 2 saturated heterocycles. The zero-order valence-electron chi connectivity index (χ0n) is 15.9. The first-order chi connectivity index (χ1) is 13.0. The third kappa shape index (κ3) is 3.17. The van der Waals surface area contributed by atoms with Gasteiger partial charge in [-0.3, -0.25) is 15.0 Å². The van der Waals surface area contributed by atoms with Crippen molar-refractivity contribution in [2.24, 2.45) is 0 Å². The van der Waals surface area contributed by atoms with Crippen molar-refractivity contribution in [1.82, 2.24) is 15.8 Å². The summed E-state index contributed by atoms with van der Waals surface area (Å²) in [6.07, 6.45) is 4.77. The molecule has 2 N–H and O–H groups in total. The third-order valence-corrected chi connectivity index (χ3v) is 6.29. The Morgan fingerprint density at radius 2 is 2.04 bits per heavy atom. The Hall–Kier alpha value is -2.18. The number of piperidine rings is 1. The minimum atomic E-state index is -0.156. The van der Waals surface area contributed by atoms with E-state index in [0.29, 0.717) is 32.1 Å². The van der Waals surface area contributed by atoms with Crippen LogP contribution < -0.4 is 15.8 Å². The van der Waals surface area contributed by atoms with Crippen LogP contribution in [0.3, 0.4) is 0 Å². The average molecular weight is 368 g/mol. The fourth-order valence-corrected chi connectivity index (χ4v) is 4.80. The molecule has 2 atom stereocenters. The first-order valence-corrected chi connectivity index (χ1v) is 9.85. The molecule has 0 radical (unpaired) electrons. The molecule has 1 aromatic rings. The highest BCUT2D eigenvalue weighted by Crippen LogP contribution is 2.47. The van der Waals surface area contributed by atoms with Gasteiger partial charge in [-0.2, -0.15) is 0 Å². The SMILES string of the molecule is C=CCN1C(=O)CC2(CCN(C(=O)C3CC(C)NN3)CC2)c2ccccc21. The molecule has 0 aromatic heterocycles. The smallest absolute Gasteiger partial charge is 0.241 e. The highest BCUT2D eigenvalue weighted by Gasteiger charge is 2.46. The van der Waals surface area contributed by atoms with Crippen molar-refractivity contribution in [1.29, 1.82) is 0 Å². The number of hydrazine groups is 1. The molecule has 27 heavy (non-hydrogen) atoms. The van der Waals surface area contributed by atoms with Gasteiger partial charge in [-0.05, 0) is 37.8 Å². The van der Waals surface area contributed by atoms with Crippen LogP contribution in [0.25, 0.3) is 0 Å². The van der Waals surface area contributed by atoms with Crippen LogP contribution in [0.1, 0.15) is 38.2 Å². The monoisotopic (exact) mass is 368 g/mol. The van der Waals surface area contributed by atoms with Gasteiger partial charge in [0.1, 0.15) is 6.04 Å². The van der Waals surface area contributed by atoms with E-state index >= 15 is 0 Å². The van der Waals surface area contributed by atoms with E-state index < -0.39 is 0 Å². The van der Waals surface area contributed by atoms with Crippen LogP contribution in [0.5, 0.6) is 0 Å². The van der Waals surface area contributed by atoms with E-state index in [0.717, 1.165) is 24.9 Å². The molecule has 6 heteroatoms. The highest BCUT2D eigenvalue weighted by atomic mass is 16.2. The van der Waals surface area contributed by atoms with Crippen molar-refractivity contribution in [3.63, 3.8) is 0 Å². The molecule has 144 valence electrons. The Morgan fingerprint density at radius 1 is 1.30 bits per heavy atom. The largest absolute Gasteiger partial charge is 0.341 e. The minimum Gasteiger partial charge on any atom is -0.341 e. The average Bonchev–Trinajstić information content (AvgIpc) is 3.12. The number of rotatable bonds is 3. The van der Waals surface area contributed by atoms with Gasteiger partial charge in [0.2, 0.25) is 11.8 Å². The molecule has 3 heterocycles. The van der Waals surface area contributed by atoms with Gasteiger partial charge in [0.05, 0.1) is 0 Å². The lowest BCUT2D eigenvalue weighted by Gasteiger charge is -2.47. The van der Waals surface area contributed by atoms with Crippen LogP contribution in [0, 0.1) is 0 Å². The number of carbonyl (C=O) groups excluding carboxylic acids is 2. The van der Waals surface area contributed by atoms with Gasteiger partial charge in [0.25, 0.3) is 0 Å². The number of anilines is 1. The highest BCUT2D eigenvalue weighted by molar-refractivity contribution is 5.98. The van der Waals surface area contributed by atoms with Crippen molar-refractivity contribution in [3.8, 4) is 0 Å². The minimum absolute atomic E-state index is 0.141.